The van der Waals surface area contributed by atoms with E-state index in [4.69, 9.17) is 20.6 Å². The Bertz CT molecular complexity index is 317. The lowest BCUT2D eigenvalue weighted by Crippen LogP contribution is -2.44. The first-order valence-electron chi connectivity index (χ1n) is 4.83. The summed E-state index contributed by atoms with van der Waals surface area (Å²) in [6, 6.07) is -1.44. The maximum atomic E-state index is 11.0. The summed E-state index contributed by atoms with van der Waals surface area (Å²) in [5.41, 5.74) is 5.20. The van der Waals surface area contributed by atoms with Crippen molar-refractivity contribution in [2.75, 3.05) is 6.54 Å². The van der Waals surface area contributed by atoms with Crippen molar-refractivity contribution in [2.45, 2.75) is 24.7 Å². The summed E-state index contributed by atoms with van der Waals surface area (Å²) in [4.78, 5) is 28.7. The van der Waals surface area contributed by atoms with Gasteiger partial charge in [0.25, 0.3) is 0 Å². The van der Waals surface area contributed by atoms with E-state index in [-0.39, 0.29) is 18.0 Å². The van der Waals surface area contributed by atoms with Gasteiger partial charge in [0.15, 0.2) is 5.78 Å². The molecule has 0 radical (unpaired) electrons. The fraction of sp³-hybridized carbons (Fsp3) is 0.625. The number of carbonyl (C=O) groups is 1. The monoisotopic (exact) mass is 268 g/mol. The number of carboxylic acids is 1. The lowest BCUT2D eigenvalue weighted by atomic mass is 10.1. The SMILES string of the molecule is C=CC(N(O)C(CCCN)C(=O)O)P(=O)(O)O. The van der Waals surface area contributed by atoms with Gasteiger partial charge in [-0.1, -0.05) is 6.08 Å². The normalized spacial score (nSPS) is 15.6. The highest BCUT2D eigenvalue weighted by atomic mass is 31.2. The van der Waals surface area contributed by atoms with Crippen molar-refractivity contribution in [3.63, 3.8) is 0 Å². The van der Waals surface area contributed by atoms with Gasteiger partial charge in [-0.2, -0.15) is 5.06 Å². The van der Waals surface area contributed by atoms with E-state index in [0.29, 0.717) is 6.42 Å². The van der Waals surface area contributed by atoms with Crippen LogP contribution >= 0.6 is 7.60 Å². The summed E-state index contributed by atoms with van der Waals surface area (Å²) in [5.74, 6) is -3.14. The number of carboxylic acid groups (broad SMARTS) is 1. The molecule has 0 saturated heterocycles. The van der Waals surface area contributed by atoms with Crippen molar-refractivity contribution < 1.29 is 29.5 Å². The zero-order valence-corrected chi connectivity index (χ0v) is 10.0. The van der Waals surface area contributed by atoms with E-state index in [0.717, 1.165) is 6.08 Å². The third kappa shape index (κ3) is 4.95. The minimum absolute atomic E-state index is 0.0212. The van der Waals surface area contributed by atoms with E-state index in [1.54, 1.807) is 0 Å². The van der Waals surface area contributed by atoms with Crippen LogP contribution in [0.5, 0.6) is 0 Å². The molecular weight excluding hydrogens is 251 g/mol. The van der Waals surface area contributed by atoms with E-state index in [1.165, 1.54) is 0 Å². The van der Waals surface area contributed by atoms with Gasteiger partial charge in [-0.15, -0.1) is 6.58 Å². The van der Waals surface area contributed by atoms with E-state index in [1.807, 2.05) is 0 Å². The molecule has 0 amide bonds. The maximum absolute atomic E-state index is 11.0. The molecule has 6 N–H and O–H groups in total. The lowest BCUT2D eigenvalue weighted by molar-refractivity contribution is -0.172. The first-order valence-corrected chi connectivity index (χ1v) is 6.51. The predicted octanol–water partition coefficient (Wildman–Crippen LogP) is -0.440. The van der Waals surface area contributed by atoms with Gasteiger partial charge < -0.3 is 25.8 Å². The Labute approximate surface area is 98.5 Å². The summed E-state index contributed by atoms with van der Waals surface area (Å²) < 4.78 is 11.0. The minimum atomic E-state index is -4.69. The molecule has 9 heteroatoms. The summed E-state index contributed by atoms with van der Waals surface area (Å²) in [5, 5.41) is 18.5. The van der Waals surface area contributed by atoms with Gasteiger partial charge in [-0.3, -0.25) is 9.36 Å². The largest absolute Gasteiger partial charge is 0.480 e. The fourth-order valence-corrected chi connectivity index (χ4v) is 2.01. The highest BCUT2D eigenvalue weighted by Gasteiger charge is 2.38. The second-order valence-electron chi connectivity index (χ2n) is 3.40. The van der Waals surface area contributed by atoms with Crippen molar-refractivity contribution in [3.05, 3.63) is 12.7 Å². The summed E-state index contributed by atoms with van der Waals surface area (Å²) >= 11 is 0. The van der Waals surface area contributed by atoms with Gasteiger partial charge in [0.05, 0.1) is 0 Å². The second kappa shape index (κ2) is 6.85. The maximum Gasteiger partial charge on any atom is 0.348 e. The molecule has 0 heterocycles. The molecule has 0 aromatic heterocycles. The van der Waals surface area contributed by atoms with Gasteiger partial charge >= 0.3 is 13.6 Å². The van der Waals surface area contributed by atoms with Crippen molar-refractivity contribution in [2.24, 2.45) is 5.73 Å². The average molecular weight is 268 g/mol. The van der Waals surface area contributed by atoms with Crippen LogP contribution < -0.4 is 5.73 Å². The lowest BCUT2D eigenvalue weighted by Gasteiger charge is -2.28. The third-order valence-corrected chi connectivity index (χ3v) is 3.25. The van der Waals surface area contributed by atoms with Crippen LogP contribution in [-0.2, 0) is 9.36 Å². The van der Waals surface area contributed by atoms with Crippen LogP contribution in [-0.4, -0.2) is 49.5 Å². The number of rotatable bonds is 8. The molecule has 2 atom stereocenters. The molecule has 0 aliphatic carbocycles. The predicted molar refractivity (Wildman–Crippen MR) is 59.4 cm³/mol. The van der Waals surface area contributed by atoms with Crippen LogP contribution in [0.4, 0.5) is 0 Å². The number of hydroxylamine groups is 2. The van der Waals surface area contributed by atoms with Crippen molar-refractivity contribution in [1.29, 1.82) is 0 Å². The van der Waals surface area contributed by atoms with Crippen LogP contribution in [0.1, 0.15) is 12.8 Å². The number of hydrogen-bond donors (Lipinski definition) is 5. The molecule has 0 fully saturated rings. The number of nitrogens with two attached hydrogens (primary N) is 1. The van der Waals surface area contributed by atoms with Crippen LogP contribution in [0.3, 0.4) is 0 Å². The average Bonchev–Trinajstić information content (AvgIpc) is 2.16. The molecule has 2 unspecified atom stereocenters. The van der Waals surface area contributed by atoms with Crippen LogP contribution in [0.2, 0.25) is 0 Å². The van der Waals surface area contributed by atoms with Crippen LogP contribution in [0.15, 0.2) is 12.7 Å². The highest BCUT2D eigenvalue weighted by molar-refractivity contribution is 7.52. The van der Waals surface area contributed by atoms with Gasteiger partial charge in [0.1, 0.15) is 6.04 Å². The van der Waals surface area contributed by atoms with Crippen molar-refractivity contribution in [3.8, 4) is 0 Å². The van der Waals surface area contributed by atoms with E-state index in [9.17, 15) is 14.6 Å². The number of hydrogen-bond acceptors (Lipinski definition) is 5. The van der Waals surface area contributed by atoms with Gasteiger partial charge in [0.2, 0.25) is 0 Å². The van der Waals surface area contributed by atoms with Gasteiger partial charge in [-0.25, -0.2) is 0 Å². The molecule has 0 aromatic carbocycles. The third-order valence-electron chi connectivity index (χ3n) is 2.11. The molecule has 8 nitrogen and oxygen atoms in total. The molecular formula is C8H17N2O6P. The zero-order valence-electron chi connectivity index (χ0n) is 9.14. The van der Waals surface area contributed by atoms with Gasteiger partial charge in [-0.05, 0) is 19.4 Å². The quantitative estimate of drug-likeness (QED) is 0.226. The van der Waals surface area contributed by atoms with Crippen molar-refractivity contribution in [1.82, 2.24) is 5.06 Å². The summed E-state index contributed by atoms with van der Waals surface area (Å²) in [6.45, 7) is 3.37. The molecule has 0 rings (SSSR count). The standard InChI is InChI=1S/C8H17N2O6P/c1-2-7(17(14,15)16)10(13)6(8(11)12)4-3-5-9/h2,6-7,13H,1,3-5,9H2,(H,11,12)(H2,14,15,16). The Morgan fingerprint density at radius 2 is 2.06 bits per heavy atom. The first kappa shape index (κ1) is 16.2. The van der Waals surface area contributed by atoms with E-state index in [2.05, 4.69) is 6.58 Å². The van der Waals surface area contributed by atoms with Crippen LogP contribution in [0.25, 0.3) is 0 Å². The van der Waals surface area contributed by atoms with E-state index < -0.39 is 25.4 Å². The molecule has 0 aliphatic rings. The summed E-state index contributed by atoms with van der Waals surface area (Å²) in [6.07, 6.45) is 1.09. The topological polar surface area (TPSA) is 144 Å². The van der Waals surface area contributed by atoms with E-state index >= 15 is 0 Å². The Balaban J connectivity index is 4.92. The second-order valence-corrected chi connectivity index (χ2v) is 5.11. The molecule has 0 spiro atoms. The molecule has 0 bridgehead atoms. The zero-order chi connectivity index (χ0) is 13.6. The Hall–Kier alpha value is -0.760. The first-order chi connectivity index (χ1) is 7.75. The number of nitrogens with zero attached hydrogens (tertiary/aromatic N) is 1. The Kier molecular flexibility index (Phi) is 6.54. The fourth-order valence-electron chi connectivity index (χ4n) is 1.26. The minimum Gasteiger partial charge on any atom is -0.480 e. The van der Waals surface area contributed by atoms with Crippen LogP contribution in [0, 0.1) is 0 Å². The molecule has 0 aliphatic heterocycles. The van der Waals surface area contributed by atoms with Crippen molar-refractivity contribution >= 4 is 13.6 Å². The molecule has 0 aromatic rings. The number of aliphatic carboxylic acids is 1. The Morgan fingerprint density at radius 3 is 2.35 bits per heavy atom. The molecule has 100 valence electrons. The smallest absolute Gasteiger partial charge is 0.348 e. The highest BCUT2D eigenvalue weighted by Crippen LogP contribution is 2.43. The van der Waals surface area contributed by atoms with Gasteiger partial charge in [0, 0.05) is 0 Å². The molecule has 17 heavy (non-hydrogen) atoms. The summed E-state index contributed by atoms with van der Waals surface area (Å²) in [7, 11) is -4.69. The Morgan fingerprint density at radius 1 is 1.53 bits per heavy atom. The molecule has 0 saturated carbocycles.